The molecule has 8 heavy (non-hydrogen) atoms. The van der Waals surface area contributed by atoms with Gasteiger partial charge in [-0.2, -0.15) is 0 Å². The van der Waals surface area contributed by atoms with E-state index < -0.39 is 0 Å². The topological polar surface area (TPSA) is 26.0 Å². The molecule has 1 nitrogen and oxygen atoms in total. The summed E-state index contributed by atoms with van der Waals surface area (Å²) in [5.74, 6) is 0.826. The maximum atomic E-state index is 5.74. The van der Waals surface area contributed by atoms with Crippen molar-refractivity contribution in [2.45, 2.75) is 32.2 Å². The lowest BCUT2D eigenvalue weighted by Gasteiger charge is -2.15. The van der Waals surface area contributed by atoms with Crippen LogP contribution in [0.3, 0.4) is 0 Å². The van der Waals surface area contributed by atoms with E-state index in [1.54, 1.807) is 0 Å². The Morgan fingerprint density at radius 1 is 1.38 bits per heavy atom. The third-order valence-corrected chi connectivity index (χ3v) is 1.63. The summed E-state index contributed by atoms with van der Waals surface area (Å²) >= 11 is 0. The molecule has 0 heterocycles. The Balaban J connectivity index is 0.000000490. The molecule has 1 aliphatic carbocycles. The summed E-state index contributed by atoms with van der Waals surface area (Å²) in [7, 11) is 0. The highest BCUT2D eigenvalue weighted by Crippen LogP contribution is 2.37. The van der Waals surface area contributed by atoms with Crippen LogP contribution in [0.4, 0.5) is 0 Å². The van der Waals surface area contributed by atoms with Crippen LogP contribution in [0.5, 0.6) is 0 Å². The van der Waals surface area contributed by atoms with E-state index in [1.165, 1.54) is 12.8 Å². The molecular formula is C6H14ClN. The maximum Gasteiger partial charge on any atom is 0.0125 e. The lowest BCUT2D eigenvalue weighted by molar-refractivity contribution is 0.452. The predicted molar refractivity (Wildman–Crippen MR) is 38.2 cm³/mol. The van der Waals surface area contributed by atoms with Gasteiger partial charge in [0.15, 0.2) is 0 Å². The first-order valence-corrected chi connectivity index (χ1v) is 2.89. The minimum absolute atomic E-state index is 0. The molecule has 2 N–H and O–H groups in total. The van der Waals surface area contributed by atoms with Gasteiger partial charge < -0.3 is 5.73 Å². The van der Waals surface area contributed by atoms with E-state index in [1.807, 2.05) is 0 Å². The van der Waals surface area contributed by atoms with Crippen LogP contribution in [-0.2, 0) is 0 Å². The first kappa shape index (κ1) is 8.25. The zero-order valence-electron chi connectivity index (χ0n) is 5.48. The summed E-state index contributed by atoms with van der Waals surface area (Å²) in [6.07, 6.45) is 2.70. The van der Waals surface area contributed by atoms with E-state index in [-0.39, 0.29) is 17.9 Å². The molecule has 0 spiro atoms. The molecular weight excluding hydrogens is 122 g/mol. The Labute approximate surface area is 57.1 Å². The molecule has 0 aromatic carbocycles. The van der Waals surface area contributed by atoms with E-state index >= 15 is 0 Å². The molecule has 1 rings (SSSR count). The fourth-order valence-electron chi connectivity index (χ4n) is 0.827. The summed E-state index contributed by atoms with van der Waals surface area (Å²) in [6, 6.07) is 0. The monoisotopic (exact) mass is 135 g/mol. The molecule has 1 aliphatic rings. The Morgan fingerprint density at radius 3 is 1.75 bits per heavy atom. The lowest BCUT2D eigenvalue weighted by Crippen LogP contribution is -2.34. The average molecular weight is 136 g/mol. The molecule has 0 aliphatic heterocycles. The second-order valence-corrected chi connectivity index (χ2v) is 3.10. The van der Waals surface area contributed by atoms with Crippen LogP contribution in [-0.4, -0.2) is 5.54 Å². The summed E-state index contributed by atoms with van der Waals surface area (Å²) in [6.45, 7) is 4.20. The lowest BCUT2D eigenvalue weighted by atomic mass is 10.0. The summed E-state index contributed by atoms with van der Waals surface area (Å²) in [4.78, 5) is 0. The Morgan fingerprint density at radius 2 is 1.75 bits per heavy atom. The summed E-state index contributed by atoms with van der Waals surface area (Å²) in [5.41, 5.74) is 5.85. The standard InChI is InChI=1S/C6H13N.ClH/c1-6(2,7)5-3-4-5;/h5H,3-4,7H2,1-2H3;1H. The van der Waals surface area contributed by atoms with E-state index in [9.17, 15) is 0 Å². The molecule has 1 fully saturated rings. The second-order valence-electron chi connectivity index (χ2n) is 3.10. The van der Waals surface area contributed by atoms with Crippen molar-refractivity contribution in [3.63, 3.8) is 0 Å². The van der Waals surface area contributed by atoms with Gasteiger partial charge in [-0.05, 0) is 32.6 Å². The highest BCUT2D eigenvalue weighted by molar-refractivity contribution is 5.85. The molecule has 0 amide bonds. The maximum absolute atomic E-state index is 5.74. The second kappa shape index (κ2) is 2.24. The average Bonchev–Trinajstić information content (AvgIpc) is 1.99. The Bertz CT molecular complexity index is 71.1. The van der Waals surface area contributed by atoms with Crippen LogP contribution >= 0.6 is 12.4 Å². The van der Waals surface area contributed by atoms with Crippen LogP contribution in [0.1, 0.15) is 26.7 Å². The van der Waals surface area contributed by atoms with E-state index in [0.717, 1.165) is 5.92 Å². The van der Waals surface area contributed by atoms with Crippen molar-refractivity contribution in [1.82, 2.24) is 0 Å². The SMILES string of the molecule is CC(C)(N)C1CC1.Cl. The van der Waals surface area contributed by atoms with Crippen LogP contribution in [0.15, 0.2) is 0 Å². The van der Waals surface area contributed by atoms with Gasteiger partial charge in [0.1, 0.15) is 0 Å². The van der Waals surface area contributed by atoms with Gasteiger partial charge in [-0.1, -0.05) is 0 Å². The Kier molecular flexibility index (Phi) is 2.31. The number of nitrogens with two attached hydrogens (primary N) is 1. The van der Waals surface area contributed by atoms with Crippen molar-refractivity contribution < 1.29 is 0 Å². The zero-order valence-corrected chi connectivity index (χ0v) is 6.29. The van der Waals surface area contributed by atoms with Crippen LogP contribution < -0.4 is 5.73 Å². The van der Waals surface area contributed by atoms with Gasteiger partial charge >= 0.3 is 0 Å². The number of hydrogen-bond donors (Lipinski definition) is 1. The highest BCUT2D eigenvalue weighted by atomic mass is 35.5. The third-order valence-electron chi connectivity index (χ3n) is 1.63. The number of hydrogen-bond acceptors (Lipinski definition) is 1. The predicted octanol–water partition coefficient (Wildman–Crippen LogP) is 1.56. The van der Waals surface area contributed by atoms with Crippen LogP contribution in [0, 0.1) is 5.92 Å². The fraction of sp³-hybridized carbons (Fsp3) is 1.00. The minimum Gasteiger partial charge on any atom is -0.325 e. The first-order valence-electron chi connectivity index (χ1n) is 2.89. The molecule has 1 saturated carbocycles. The molecule has 0 aromatic rings. The van der Waals surface area contributed by atoms with E-state index in [2.05, 4.69) is 13.8 Å². The molecule has 0 atom stereocenters. The number of halogens is 1. The molecule has 0 radical (unpaired) electrons. The summed E-state index contributed by atoms with van der Waals surface area (Å²) < 4.78 is 0. The van der Waals surface area contributed by atoms with Crippen molar-refractivity contribution in [3.8, 4) is 0 Å². The summed E-state index contributed by atoms with van der Waals surface area (Å²) in [5, 5.41) is 0. The molecule has 50 valence electrons. The highest BCUT2D eigenvalue weighted by Gasteiger charge is 2.33. The van der Waals surface area contributed by atoms with Gasteiger partial charge in [-0.25, -0.2) is 0 Å². The zero-order chi connectivity index (χ0) is 5.49. The van der Waals surface area contributed by atoms with Crippen molar-refractivity contribution in [2.24, 2.45) is 11.7 Å². The van der Waals surface area contributed by atoms with Crippen LogP contribution in [0.2, 0.25) is 0 Å². The van der Waals surface area contributed by atoms with Gasteiger partial charge in [-0.15, -0.1) is 12.4 Å². The van der Waals surface area contributed by atoms with Crippen molar-refractivity contribution in [3.05, 3.63) is 0 Å². The largest absolute Gasteiger partial charge is 0.325 e. The van der Waals surface area contributed by atoms with Gasteiger partial charge in [0, 0.05) is 5.54 Å². The number of rotatable bonds is 1. The van der Waals surface area contributed by atoms with Crippen molar-refractivity contribution in [2.75, 3.05) is 0 Å². The molecule has 0 aromatic heterocycles. The Hall–Kier alpha value is 0.250. The van der Waals surface area contributed by atoms with Gasteiger partial charge in [0.2, 0.25) is 0 Å². The molecule has 2 heteroatoms. The molecule has 0 unspecified atom stereocenters. The molecule has 0 saturated heterocycles. The normalized spacial score (nSPS) is 19.9. The molecule has 0 bridgehead atoms. The minimum atomic E-state index is 0. The van der Waals surface area contributed by atoms with E-state index in [4.69, 9.17) is 5.73 Å². The smallest absolute Gasteiger partial charge is 0.0125 e. The van der Waals surface area contributed by atoms with Gasteiger partial charge in [0.05, 0.1) is 0 Å². The van der Waals surface area contributed by atoms with Gasteiger partial charge in [-0.3, -0.25) is 0 Å². The van der Waals surface area contributed by atoms with Crippen molar-refractivity contribution in [1.29, 1.82) is 0 Å². The van der Waals surface area contributed by atoms with Crippen molar-refractivity contribution >= 4 is 12.4 Å². The van der Waals surface area contributed by atoms with Gasteiger partial charge in [0.25, 0.3) is 0 Å². The first-order chi connectivity index (χ1) is 3.11. The quantitative estimate of drug-likeness (QED) is 0.580. The fourth-order valence-corrected chi connectivity index (χ4v) is 0.827. The van der Waals surface area contributed by atoms with Crippen LogP contribution in [0.25, 0.3) is 0 Å². The third kappa shape index (κ3) is 2.01. The van der Waals surface area contributed by atoms with E-state index in [0.29, 0.717) is 0 Å².